The van der Waals surface area contributed by atoms with Crippen molar-refractivity contribution >= 4 is 17.4 Å². The molecule has 0 aromatic heterocycles. The summed E-state index contributed by atoms with van der Waals surface area (Å²) in [5.74, 6) is -0.487. The van der Waals surface area contributed by atoms with E-state index in [4.69, 9.17) is 0 Å². The molecular formula is C31H35NO4. The van der Waals surface area contributed by atoms with Crippen LogP contribution in [0.2, 0.25) is 0 Å². The molecule has 0 bridgehead atoms. The van der Waals surface area contributed by atoms with Gasteiger partial charge in [-0.05, 0) is 60.2 Å². The summed E-state index contributed by atoms with van der Waals surface area (Å²) in [5, 5.41) is 19.1. The van der Waals surface area contributed by atoms with Crippen LogP contribution in [-0.2, 0) is 10.2 Å². The summed E-state index contributed by atoms with van der Waals surface area (Å²) in [6.07, 6.45) is 9.15. The molecule has 5 heteroatoms. The van der Waals surface area contributed by atoms with Crippen LogP contribution in [0.3, 0.4) is 0 Å². The zero-order chi connectivity index (χ0) is 25.7. The Morgan fingerprint density at radius 3 is 2.14 bits per heavy atom. The molecule has 1 saturated carbocycles. The van der Waals surface area contributed by atoms with E-state index in [0.717, 1.165) is 43.2 Å². The number of nitrogens with zero attached hydrogens (tertiary/aromatic N) is 1. The third-order valence-corrected chi connectivity index (χ3v) is 8.83. The molecule has 1 amide bonds. The second-order valence-electron chi connectivity index (χ2n) is 11.5. The van der Waals surface area contributed by atoms with Crippen LogP contribution in [0.15, 0.2) is 66.3 Å². The summed E-state index contributed by atoms with van der Waals surface area (Å²) in [4.78, 5) is 27.5. The molecule has 1 heterocycles. The lowest BCUT2D eigenvalue weighted by molar-refractivity contribution is -0.138. The Bertz CT molecular complexity index is 1250. The quantitative estimate of drug-likeness (QED) is 0.506. The van der Waals surface area contributed by atoms with Crippen LogP contribution in [0.25, 0.3) is 5.57 Å². The molecule has 0 spiro atoms. The number of phenolic OH excluding ortho intramolecular Hbond substituents is 1. The van der Waals surface area contributed by atoms with E-state index in [1.54, 1.807) is 24.3 Å². The zero-order valence-electron chi connectivity index (χ0n) is 21.4. The third-order valence-electron chi connectivity index (χ3n) is 8.83. The molecule has 2 N–H and O–H groups in total. The second-order valence-corrected chi connectivity index (χ2v) is 11.5. The maximum absolute atomic E-state index is 14.1. The summed E-state index contributed by atoms with van der Waals surface area (Å²) < 4.78 is 0. The monoisotopic (exact) mass is 485 g/mol. The highest BCUT2D eigenvalue weighted by Gasteiger charge is 2.50. The summed E-state index contributed by atoms with van der Waals surface area (Å²) in [5.41, 5.74) is 4.02. The molecule has 0 unspecified atom stereocenters. The molecule has 2 aromatic rings. The number of rotatable bonds is 4. The number of aromatic hydroxyl groups is 1. The van der Waals surface area contributed by atoms with Crippen LogP contribution in [-0.4, -0.2) is 40.1 Å². The average molecular weight is 486 g/mol. The van der Waals surface area contributed by atoms with Crippen LogP contribution in [0.4, 0.5) is 0 Å². The van der Waals surface area contributed by atoms with E-state index in [1.807, 2.05) is 24.3 Å². The number of carboxylic acids is 1. The minimum absolute atomic E-state index is 0.156. The van der Waals surface area contributed by atoms with Gasteiger partial charge in [-0.2, -0.15) is 0 Å². The molecule has 5 nitrogen and oxygen atoms in total. The lowest BCUT2D eigenvalue weighted by Crippen LogP contribution is -2.53. The van der Waals surface area contributed by atoms with E-state index in [-0.39, 0.29) is 22.5 Å². The number of carbonyl (C=O) groups excluding carboxylic acids is 1. The zero-order valence-corrected chi connectivity index (χ0v) is 21.4. The Balaban J connectivity index is 1.44. The minimum atomic E-state index is -0.918. The van der Waals surface area contributed by atoms with Gasteiger partial charge in [-0.15, -0.1) is 0 Å². The fourth-order valence-electron chi connectivity index (χ4n) is 7.04. The van der Waals surface area contributed by atoms with Crippen LogP contribution in [0, 0.1) is 10.8 Å². The molecule has 2 aromatic carbocycles. The number of amides is 1. The van der Waals surface area contributed by atoms with E-state index >= 15 is 0 Å². The van der Waals surface area contributed by atoms with Gasteiger partial charge < -0.3 is 15.1 Å². The normalized spacial score (nSPS) is 24.5. The Hall–Kier alpha value is -3.34. The van der Waals surface area contributed by atoms with Crippen molar-refractivity contribution in [2.45, 2.75) is 58.3 Å². The fourth-order valence-corrected chi connectivity index (χ4v) is 7.04. The first-order valence-electron chi connectivity index (χ1n) is 12.9. The molecule has 3 aliphatic rings. The van der Waals surface area contributed by atoms with E-state index in [2.05, 4.69) is 37.8 Å². The molecule has 1 aliphatic heterocycles. The lowest BCUT2D eigenvalue weighted by Gasteiger charge is -2.51. The molecule has 188 valence electrons. The van der Waals surface area contributed by atoms with Crippen molar-refractivity contribution in [2.24, 2.45) is 10.8 Å². The molecule has 0 radical (unpaired) electrons. The highest BCUT2D eigenvalue weighted by molar-refractivity contribution is 5.90. The maximum Gasteiger partial charge on any atom is 0.335 e. The summed E-state index contributed by atoms with van der Waals surface area (Å²) >= 11 is 0. The number of carboxylic acid groups (broad SMARTS) is 1. The minimum Gasteiger partial charge on any atom is -0.508 e. The lowest BCUT2D eigenvalue weighted by atomic mass is 9.58. The first-order valence-corrected chi connectivity index (χ1v) is 12.9. The highest BCUT2D eigenvalue weighted by Crippen LogP contribution is 2.56. The van der Waals surface area contributed by atoms with Gasteiger partial charge in [0.15, 0.2) is 0 Å². The molecule has 1 atom stereocenters. The van der Waals surface area contributed by atoms with Gasteiger partial charge in [-0.1, -0.05) is 75.6 Å². The molecule has 2 aliphatic carbocycles. The number of phenols is 1. The van der Waals surface area contributed by atoms with E-state index < -0.39 is 11.4 Å². The number of benzene rings is 2. The van der Waals surface area contributed by atoms with Crippen molar-refractivity contribution in [3.8, 4) is 5.75 Å². The number of carbonyl (C=O) groups is 2. The first-order chi connectivity index (χ1) is 17.1. The van der Waals surface area contributed by atoms with Gasteiger partial charge >= 0.3 is 5.97 Å². The Morgan fingerprint density at radius 2 is 1.53 bits per heavy atom. The van der Waals surface area contributed by atoms with Crippen LogP contribution < -0.4 is 0 Å². The summed E-state index contributed by atoms with van der Waals surface area (Å²) in [6.45, 7) is 8.02. The van der Waals surface area contributed by atoms with Gasteiger partial charge in [0, 0.05) is 23.9 Å². The predicted octanol–water partition coefficient (Wildman–Crippen LogP) is 6.19. The van der Waals surface area contributed by atoms with Crippen molar-refractivity contribution in [1.82, 2.24) is 4.90 Å². The predicted molar refractivity (Wildman–Crippen MR) is 141 cm³/mol. The number of fused-ring (bicyclic) bond motifs is 1. The molecule has 1 fully saturated rings. The van der Waals surface area contributed by atoms with Crippen LogP contribution in [0.5, 0.6) is 5.75 Å². The van der Waals surface area contributed by atoms with E-state index in [1.165, 1.54) is 11.1 Å². The largest absolute Gasteiger partial charge is 0.508 e. The SMILES string of the molecule is CC1(C)C(c2ccc(C(=O)O)cc2)=CC[C@]2(C)CN(C(=O)C3(c4ccc(O)cc4)CCCC3)CC=C12. The van der Waals surface area contributed by atoms with Crippen molar-refractivity contribution < 1.29 is 19.8 Å². The third kappa shape index (κ3) is 3.85. The summed E-state index contributed by atoms with van der Waals surface area (Å²) in [7, 11) is 0. The maximum atomic E-state index is 14.1. The second kappa shape index (κ2) is 8.65. The Kier molecular flexibility index (Phi) is 5.85. The molecule has 36 heavy (non-hydrogen) atoms. The number of allylic oxidation sites excluding steroid dienone is 2. The van der Waals surface area contributed by atoms with Gasteiger partial charge in [0.25, 0.3) is 0 Å². The highest BCUT2D eigenvalue weighted by atomic mass is 16.4. The van der Waals surface area contributed by atoms with E-state index in [9.17, 15) is 19.8 Å². The Morgan fingerprint density at radius 1 is 0.889 bits per heavy atom. The first kappa shape index (κ1) is 24.4. The van der Waals surface area contributed by atoms with Crippen molar-refractivity contribution in [3.05, 3.63) is 82.9 Å². The van der Waals surface area contributed by atoms with Gasteiger partial charge in [0.1, 0.15) is 5.75 Å². The number of hydrogen-bond donors (Lipinski definition) is 2. The van der Waals surface area contributed by atoms with Gasteiger partial charge in [0.2, 0.25) is 5.91 Å². The van der Waals surface area contributed by atoms with Crippen LogP contribution in [0.1, 0.15) is 74.4 Å². The van der Waals surface area contributed by atoms with E-state index in [0.29, 0.717) is 18.7 Å². The topological polar surface area (TPSA) is 77.8 Å². The molecule has 0 saturated heterocycles. The fraction of sp³-hybridized carbons (Fsp3) is 0.419. The average Bonchev–Trinajstić information content (AvgIpc) is 3.34. The van der Waals surface area contributed by atoms with Gasteiger partial charge in [-0.25, -0.2) is 4.79 Å². The standard InChI is InChI=1S/C31H35NO4/c1-29(2)25(21-6-8-22(9-7-21)27(34)35)14-18-30(3)20-32(19-15-26(29)30)28(36)31(16-4-5-17-31)23-10-12-24(33)13-11-23/h6-15,33H,4-5,16-20H2,1-3H3,(H,34,35)/t30-/m1/s1. The van der Waals surface area contributed by atoms with Crippen molar-refractivity contribution in [1.29, 1.82) is 0 Å². The smallest absolute Gasteiger partial charge is 0.335 e. The number of hydrogen-bond acceptors (Lipinski definition) is 3. The molecule has 5 rings (SSSR count). The van der Waals surface area contributed by atoms with Crippen LogP contribution >= 0.6 is 0 Å². The summed E-state index contributed by atoms with van der Waals surface area (Å²) in [6, 6.07) is 14.4. The van der Waals surface area contributed by atoms with Crippen molar-refractivity contribution in [3.63, 3.8) is 0 Å². The molecular weight excluding hydrogens is 450 g/mol. The number of aromatic carboxylic acids is 1. The Labute approximate surface area is 213 Å². The van der Waals surface area contributed by atoms with Crippen molar-refractivity contribution in [2.75, 3.05) is 13.1 Å². The van der Waals surface area contributed by atoms with Gasteiger partial charge in [-0.3, -0.25) is 4.79 Å². The van der Waals surface area contributed by atoms with Gasteiger partial charge in [0.05, 0.1) is 11.0 Å².